The highest BCUT2D eigenvalue weighted by Gasteiger charge is 2.87. The quantitative estimate of drug-likeness (QED) is 0.359. The highest BCUT2D eigenvalue weighted by Crippen LogP contribution is 2.57. The minimum Gasteiger partial charge on any atom is -0.311 e. The van der Waals surface area contributed by atoms with E-state index in [0.29, 0.717) is 0 Å². The maximum absolute atomic E-state index is 13.0. The Morgan fingerprint density at radius 2 is 0.867 bits per heavy atom. The second kappa shape index (κ2) is 7.35. The molecule has 0 aliphatic carbocycles. The zero-order valence-electron chi connectivity index (χ0n) is 12.9. The smallest absolute Gasteiger partial charge is 0.311 e. The van der Waals surface area contributed by atoms with Crippen LogP contribution in [0.25, 0.3) is 0 Å². The molecule has 0 spiro atoms. The molecule has 0 bridgehead atoms. The van der Waals surface area contributed by atoms with Crippen LogP contribution in [0.4, 0.5) is 83.4 Å². The first kappa shape index (κ1) is 28.6. The van der Waals surface area contributed by atoms with Crippen LogP contribution in [0.5, 0.6) is 0 Å². The molecule has 1 unspecified atom stereocenters. The van der Waals surface area contributed by atoms with E-state index in [1.165, 1.54) is 0 Å². The average Bonchev–Trinajstić information content (AvgIpc) is 2.49. The summed E-state index contributed by atoms with van der Waals surface area (Å²) in [5, 5.41) is 0. The third-order valence-electron chi connectivity index (χ3n) is 3.04. The van der Waals surface area contributed by atoms with E-state index in [1.54, 1.807) is 0 Å². The van der Waals surface area contributed by atoms with E-state index in [9.17, 15) is 83.4 Å². The number of rotatable bonds is 8. The van der Waals surface area contributed by atoms with Crippen LogP contribution in [0.3, 0.4) is 0 Å². The minimum atomic E-state index is -8.09. The van der Waals surface area contributed by atoms with Crippen molar-refractivity contribution in [2.75, 3.05) is 6.61 Å². The third kappa shape index (κ3) is 4.46. The number of alkyl halides is 19. The van der Waals surface area contributed by atoms with E-state index < -0.39 is 60.9 Å². The van der Waals surface area contributed by atoms with Crippen molar-refractivity contribution in [3.8, 4) is 0 Å². The minimum absolute atomic E-state index is 2.04. The first-order chi connectivity index (χ1) is 12.6. The molecule has 1 atom stereocenters. The van der Waals surface area contributed by atoms with Crippen molar-refractivity contribution in [2.24, 2.45) is 0 Å². The summed E-state index contributed by atoms with van der Waals surface area (Å²) in [4.78, 5) is 0. The van der Waals surface area contributed by atoms with E-state index in [2.05, 4.69) is 0 Å². The molecule has 0 saturated heterocycles. The van der Waals surface area contributed by atoms with Crippen LogP contribution in [0.2, 0.25) is 0 Å². The Labute approximate surface area is 150 Å². The summed E-state index contributed by atoms with van der Waals surface area (Å²) >= 11 is 0. The maximum Gasteiger partial charge on any atom is 0.460 e. The molecule has 0 rings (SSSR count). The van der Waals surface area contributed by atoms with Gasteiger partial charge in [-0.3, -0.25) is 0 Å². The Morgan fingerprint density at radius 1 is 0.500 bits per heavy atom. The van der Waals surface area contributed by atoms with Gasteiger partial charge in [0.05, 0.1) is 0 Å². The summed E-state index contributed by atoms with van der Waals surface area (Å²) in [7, 11) is 0. The van der Waals surface area contributed by atoms with Gasteiger partial charge < -0.3 is 4.74 Å². The number of halogens is 19. The van der Waals surface area contributed by atoms with Gasteiger partial charge >= 0.3 is 48.1 Å². The van der Waals surface area contributed by atoms with Gasteiger partial charge in [-0.1, -0.05) is 0 Å². The van der Waals surface area contributed by atoms with Gasteiger partial charge in [-0.2, -0.15) is 79.0 Å². The van der Waals surface area contributed by atoms with Gasteiger partial charge in [0.25, 0.3) is 6.17 Å². The number of ether oxygens (including phenoxy) is 1. The van der Waals surface area contributed by atoms with Crippen molar-refractivity contribution in [1.29, 1.82) is 0 Å². The highest BCUT2D eigenvalue weighted by molar-refractivity contribution is 5.06. The lowest BCUT2D eigenvalue weighted by Gasteiger charge is -2.37. The van der Waals surface area contributed by atoms with E-state index in [-0.39, 0.29) is 0 Å². The Hall–Kier alpha value is -1.37. The molecule has 0 heterocycles. The highest BCUT2D eigenvalue weighted by atomic mass is 19.4. The second-order valence-electron chi connectivity index (χ2n) is 5.26. The monoisotopic (exact) mass is 500 g/mol. The normalized spacial score (nSPS) is 17.3. The number of hydrogen-bond donors (Lipinski definition) is 0. The second-order valence-corrected chi connectivity index (χ2v) is 5.26. The maximum atomic E-state index is 13.0. The predicted molar refractivity (Wildman–Crippen MR) is 52.6 cm³/mol. The van der Waals surface area contributed by atoms with E-state index in [1.807, 2.05) is 4.74 Å². The Kier molecular flexibility index (Phi) is 7.01. The van der Waals surface area contributed by atoms with Crippen molar-refractivity contribution in [1.82, 2.24) is 0 Å². The van der Waals surface area contributed by atoms with Crippen LogP contribution in [-0.4, -0.2) is 60.9 Å². The Bertz CT molecular complexity index is 597. The standard InChI is InChI=1S/C10H3F19O/c11-2(4(14,15)9(24,25)26)5(16,17)30-1-3(12,13)6(18,19)7(20,21)8(22,23)10(27,28)29/h2H,1H2. The van der Waals surface area contributed by atoms with Crippen LogP contribution in [0, 0.1) is 0 Å². The lowest BCUT2D eigenvalue weighted by Crippen LogP contribution is -2.67. The van der Waals surface area contributed by atoms with Gasteiger partial charge in [0.2, 0.25) is 0 Å². The molecule has 0 amide bonds. The molecule has 182 valence electrons. The van der Waals surface area contributed by atoms with Gasteiger partial charge in [-0.25, -0.2) is 4.39 Å². The Morgan fingerprint density at radius 3 is 1.17 bits per heavy atom. The van der Waals surface area contributed by atoms with Crippen LogP contribution in [-0.2, 0) is 4.74 Å². The largest absolute Gasteiger partial charge is 0.460 e. The van der Waals surface area contributed by atoms with Gasteiger partial charge in [-0.15, -0.1) is 0 Å². The van der Waals surface area contributed by atoms with Gasteiger partial charge in [0, 0.05) is 0 Å². The third-order valence-corrected chi connectivity index (χ3v) is 3.04. The Balaban J connectivity index is 5.87. The molecule has 0 aliphatic rings. The average molecular weight is 500 g/mol. The first-order valence-corrected chi connectivity index (χ1v) is 6.29. The van der Waals surface area contributed by atoms with Crippen LogP contribution in [0.15, 0.2) is 0 Å². The molecular weight excluding hydrogens is 497 g/mol. The van der Waals surface area contributed by atoms with Crippen molar-refractivity contribution in [2.45, 2.75) is 54.2 Å². The van der Waals surface area contributed by atoms with Crippen molar-refractivity contribution >= 4 is 0 Å². The van der Waals surface area contributed by atoms with Gasteiger partial charge in [0.15, 0.2) is 0 Å². The molecule has 0 aromatic carbocycles. The summed E-state index contributed by atoms with van der Waals surface area (Å²) in [6.07, 6.45) is -27.5. The molecule has 0 aliphatic heterocycles. The van der Waals surface area contributed by atoms with E-state index in [4.69, 9.17) is 0 Å². The number of hydrogen-bond acceptors (Lipinski definition) is 1. The summed E-state index contributed by atoms with van der Waals surface area (Å²) in [6.45, 7) is -4.19. The molecule has 0 N–H and O–H groups in total. The van der Waals surface area contributed by atoms with Crippen molar-refractivity contribution in [3.63, 3.8) is 0 Å². The lowest BCUT2D eigenvalue weighted by atomic mass is 9.98. The summed E-state index contributed by atoms with van der Waals surface area (Å²) in [6, 6.07) is 0. The lowest BCUT2D eigenvalue weighted by molar-refractivity contribution is -0.432. The van der Waals surface area contributed by atoms with Gasteiger partial charge in [0.1, 0.15) is 6.61 Å². The molecule has 0 radical (unpaired) electrons. The zero-order valence-corrected chi connectivity index (χ0v) is 12.9. The summed E-state index contributed by atoms with van der Waals surface area (Å²) < 4.78 is 238. The molecular formula is C10H3F19O. The SMILES string of the molecule is FC(C(F)(F)OCC(F)(F)C(F)(F)C(F)(F)C(F)(F)C(F)(F)F)C(F)(F)C(F)(F)F. The molecule has 1 nitrogen and oxygen atoms in total. The van der Waals surface area contributed by atoms with E-state index in [0.717, 1.165) is 0 Å². The molecule has 20 heteroatoms. The topological polar surface area (TPSA) is 9.23 Å². The molecule has 0 aromatic rings. The van der Waals surface area contributed by atoms with Crippen LogP contribution >= 0.6 is 0 Å². The van der Waals surface area contributed by atoms with Crippen LogP contribution < -0.4 is 0 Å². The summed E-state index contributed by atoms with van der Waals surface area (Å²) in [5.41, 5.74) is 0. The first-order valence-electron chi connectivity index (χ1n) is 6.29. The summed E-state index contributed by atoms with van der Waals surface area (Å²) in [5.74, 6) is -38.2. The fourth-order valence-electron chi connectivity index (χ4n) is 1.31. The predicted octanol–water partition coefficient (Wildman–Crippen LogP) is 6.24. The molecule has 0 aromatic heterocycles. The van der Waals surface area contributed by atoms with Crippen molar-refractivity contribution < 1.29 is 88.2 Å². The molecule has 30 heavy (non-hydrogen) atoms. The van der Waals surface area contributed by atoms with Crippen molar-refractivity contribution in [3.05, 3.63) is 0 Å². The fraction of sp³-hybridized carbons (Fsp3) is 1.00. The van der Waals surface area contributed by atoms with Crippen LogP contribution in [0.1, 0.15) is 0 Å². The molecule has 0 fully saturated rings. The zero-order chi connectivity index (χ0) is 25.0. The van der Waals surface area contributed by atoms with Gasteiger partial charge in [-0.05, 0) is 0 Å². The fourth-order valence-corrected chi connectivity index (χ4v) is 1.31. The molecule has 0 saturated carbocycles. The van der Waals surface area contributed by atoms with E-state index >= 15 is 0 Å².